The van der Waals surface area contributed by atoms with Gasteiger partial charge in [-0.2, -0.15) is 0 Å². The van der Waals surface area contributed by atoms with E-state index in [1.54, 1.807) is 0 Å². The molecule has 0 radical (unpaired) electrons. The molecule has 1 N–H and O–H groups in total. The molecule has 1 unspecified atom stereocenters. The molecule has 1 aromatic carbocycles. The van der Waals surface area contributed by atoms with Crippen molar-refractivity contribution in [2.45, 2.75) is 38.6 Å². The van der Waals surface area contributed by atoms with Gasteiger partial charge >= 0.3 is 0 Å². The molecule has 3 nitrogen and oxygen atoms in total. The lowest BCUT2D eigenvalue weighted by molar-refractivity contribution is 0.171. The SMILES string of the molecule is CCc1c(C2(C)CCCN2)cc2c(c1Cl)OCCO2. The van der Waals surface area contributed by atoms with Gasteiger partial charge in [0.25, 0.3) is 0 Å². The molecular formula is C15H20ClNO2. The summed E-state index contributed by atoms with van der Waals surface area (Å²) in [6.07, 6.45) is 3.24. The van der Waals surface area contributed by atoms with Crippen molar-refractivity contribution in [1.29, 1.82) is 0 Å². The molecule has 0 saturated carbocycles. The summed E-state index contributed by atoms with van der Waals surface area (Å²) >= 11 is 6.54. The Balaban J connectivity index is 2.15. The summed E-state index contributed by atoms with van der Waals surface area (Å²) in [6, 6.07) is 2.12. The highest BCUT2D eigenvalue weighted by molar-refractivity contribution is 6.33. The van der Waals surface area contributed by atoms with E-state index in [2.05, 4.69) is 25.2 Å². The van der Waals surface area contributed by atoms with Crippen molar-refractivity contribution in [3.8, 4) is 11.5 Å². The molecule has 1 aromatic rings. The molecule has 2 heterocycles. The van der Waals surface area contributed by atoms with Gasteiger partial charge in [-0.05, 0) is 49.9 Å². The van der Waals surface area contributed by atoms with Crippen molar-refractivity contribution in [3.63, 3.8) is 0 Å². The van der Waals surface area contributed by atoms with Crippen molar-refractivity contribution in [2.24, 2.45) is 0 Å². The van der Waals surface area contributed by atoms with Crippen LogP contribution in [0.25, 0.3) is 0 Å². The zero-order valence-electron chi connectivity index (χ0n) is 11.5. The van der Waals surface area contributed by atoms with Crippen LogP contribution in [0.15, 0.2) is 6.07 Å². The number of benzene rings is 1. The van der Waals surface area contributed by atoms with Crippen LogP contribution in [-0.4, -0.2) is 19.8 Å². The standard InChI is InChI=1S/C15H20ClNO2/c1-3-10-11(15(2)5-4-6-17-15)9-12-14(13(10)16)19-8-7-18-12/h9,17H,3-8H2,1-2H3. The first-order chi connectivity index (χ1) is 9.15. The largest absolute Gasteiger partial charge is 0.486 e. The van der Waals surface area contributed by atoms with Gasteiger partial charge < -0.3 is 14.8 Å². The van der Waals surface area contributed by atoms with Crippen molar-refractivity contribution < 1.29 is 9.47 Å². The predicted octanol–water partition coefficient (Wildman–Crippen LogP) is 3.27. The number of ether oxygens (including phenoxy) is 2. The third-order valence-corrected chi connectivity index (χ3v) is 4.59. The molecule has 0 bridgehead atoms. The predicted molar refractivity (Wildman–Crippen MR) is 76.4 cm³/mol. The average molecular weight is 282 g/mol. The third-order valence-electron chi connectivity index (χ3n) is 4.19. The van der Waals surface area contributed by atoms with Gasteiger partial charge in [-0.15, -0.1) is 0 Å². The Morgan fingerprint density at radius 1 is 1.37 bits per heavy atom. The molecule has 0 spiro atoms. The number of hydrogen-bond acceptors (Lipinski definition) is 3. The summed E-state index contributed by atoms with van der Waals surface area (Å²) in [5.74, 6) is 1.51. The molecule has 2 aliphatic heterocycles. The van der Waals surface area contributed by atoms with Gasteiger partial charge in [0.15, 0.2) is 11.5 Å². The monoisotopic (exact) mass is 281 g/mol. The van der Waals surface area contributed by atoms with E-state index in [4.69, 9.17) is 21.1 Å². The summed E-state index contributed by atoms with van der Waals surface area (Å²) in [5.41, 5.74) is 2.45. The van der Waals surface area contributed by atoms with E-state index >= 15 is 0 Å². The van der Waals surface area contributed by atoms with Crippen LogP contribution in [0.1, 0.15) is 37.8 Å². The van der Waals surface area contributed by atoms with Crippen LogP contribution in [0.5, 0.6) is 11.5 Å². The van der Waals surface area contributed by atoms with Gasteiger partial charge in [0.05, 0.1) is 5.02 Å². The van der Waals surface area contributed by atoms with Crippen LogP contribution >= 0.6 is 11.6 Å². The highest BCUT2D eigenvalue weighted by Crippen LogP contribution is 2.46. The minimum absolute atomic E-state index is 0.00478. The maximum Gasteiger partial charge on any atom is 0.180 e. The topological polar surface area (TPSA) is 30.5 Å². The maximum atomic E-state index is 6.54. The Morgan fingerprint density at radius 2 is 2.16 bits per heavy atom. The van der Waals surface area contributed by atoms with Gasteiger partial charge in [-0.25, -0.2) is 0 Å². The fraction of sp³-hybridized carbons (Fsp3) is 0.600. The molecule has 0 aliphatic carbocycles. The zero-order chi connectivity index (χ0) is 13.5. The minimum Gasteiger partial charge on any atom is -0.486 e. The zero-order valence-corrected chi connectivity index (χ0v) is 12.3. The second-order valence-corrected chi connectivity index (χ2v) is 5.83. The van der Waals surface area contributed by atoms with Crippen LogP contribution in [-0.2, 0) is 12.0 Å². The Hall–Kier alpha value is -0.930. The Morgan fingerprint density at radius 3 is 2.84 bits per heavy atom. The summed E-state index contributed by atoms with van der Waals surface area (Å²) < 4.78 is 11.4. The van der Waals surface area contributed by atoms with E-state index in [-0.39, 0.29) is 5.54 Å². The lowest BCUT2D eigenvalue weighted by atomic mass is 9.85. The normalized spacial score (nSPS) is 25.6. The summed E-state index contributed by atoms with van der Waals surface area (Å²) in [7, 11) is 0. The Bertz CT molecular complexity index is 495. The van der Waals surface area contributed by atoms with E-state index in [0.29, 0.717) is 13.2 Å². The molecule has 2 aliphatic rings. The molecule has 3 rings (SSSR count). The minimum atomic E-state index is 0.00478. The van der Waals surface area contributed by atoms with Gasteiger partial charge in [0.1, 0.15) is 13.2 Å². The first kappa shape index (κ1) is 13.1. The molecule has 4 heteroatoms. The lowest BCUT2D eigenvalue weighted by Crippen LogP contribution is -2.34. The van der Waals surface area contributed by atoms with E-state index < -0.39 is 0 Å². The smallest absolute Gasteiger partial charge is 0.180 e. The summed E-state index contributed by atoms with van der Waals surface area (Å²) in [5, 5.41) is 4.33. The molecule has 0 aromatic heterocycles. The molecule has 104 valence electrons. The van der Waals surface area contributed by atoms with Crippen LogP contribution in [0, 0.1) is 0 Å². The van der Waals surface area contributed by atoms with Crippen LogP contribution in [0.3, 0.4) is 0 Å². The van der Waals surface area contributed by atoms with Gasteiger partial charge in [0, 0.05) is 5.54 Å². The molecule has 0 amide bonds. The number of hydrogen-bond donors (Lipinski definition) is 1. The number of nitrogens with one attached hydrogen (secondary N) is 1. The van der Waals surface area contributed by atoms with Gasteiger partial charge in [0.2, 0.25) is 0 Å². The molecule has 1 saturated heterocycles. The number of fused-ring (bicyclic) bond motifs is 1. The van der Waals surface area contributed by atoms with E-state index in [1.165, 1.54) is 17.5 Å². The van der Waals surface area contributed by atoms with Crippen molar-refractivity contribution in [2.75, 3.05) is 19.8 Å². The Labute approximate surface area is 119 Å². The second-order valence-electron chi connectivity index (χ2n) is 5.46. The molecule has 1 atom stereocenters. The van der Waals surface area contributed by atoms with E-state index in [1.807, 2.05) is 0 Å². The lowest BCUT2D eigenvalue weighted by Gasteiger charge is -2.31. The number of rotatable bonds is 2. The molecule has 19 heavy (non-hydrogen) atoms. The maximum absolute atomic E-state index is 6.54. The third kappa shape index (κ3) is 2.09. The average Bonchev–Trinajstić information content (AvgIpc) is 2.87. The molecule has 1 fully saturated rings. The van der Waals surface area contributed by atoms with Crippen molar-refractivity contribution in [1.82, 2.24) is 5.32 Å². The highest BCUT2D eigenvalue weighted by atomic mass is 35.5. The molecular weight excluding hydrogens is 262 g/mol. The van der Waals surface area contributed by atoms with Crippen LogP contribution in [0.4, 0.5) is 0 Å². The summed E-state index contributed by atoms with van der Waals surface area (Å²) in [6.45, 7) is 6.62. The van der Waals surface area contributed by atoms with Crippen molar-refractivity contribution >= 4 is 11.6 Å². The van der Waals surface area contributed by atoms with E-state index in [0.717, 1.165) is 35.9 Å². The second kappa shape index (κ2) is 4.88. The van der Waals surface area contributed by atoms with Crippen LogP contribution in [0.2, 0.25) is 5.02 Å². The first-order valence-corrected chi connectivity index (χ1v) is 7.40. The Kier molecular flexibility index (Phi) is 3.35. The van der Waals surface area contributed by atoms with Crippen LogP contribution < -0.4 is 14.8 Å². The summed E-state index contributed by atoms with van der Waals surface area (Å²) in [4.78, 5) is 0. The fourth-order valence-electron chi connectivity index (χ4n) is 3.15. The first-order valence-electron chi connectivity index (χ1n) is 7.02. The van der Waals surface area contributed by atoms with Crippen molar-refractivity contribution in [3.05, 3.63) is 22.2 Å². The van der Waals surface area contributed by atoms with Gasteiger partial charge in [-0.3, -0.25) is 0 Å². The number of halogens is 1. The highest BCUT2D eigenvalue weighted by Gasteiger charge is 2.34. The fourth-order valence-corrected chi connectivity index (χ4v) is 3.53. The van der Waals surface area contributed by atoms with E-state index in [9.17, 15) is 0 Å². The quantitative estimate of drug-likeness (QED) is 0.902. The van der Waals surface area contributed by atoms with Gasteiger partial charge in [-0.1, -0.05) is 18.5 Å².